The molecular weight excluding hydrogens is 266 g/mol. The van der Waals surface area contributed by atoms with Gasteiger partial charge >= 0.3 is 5.97 Å². The van der Waals surface area contributed by atoms with E-state index >= 15 is 0 Å². The molecule has 0 radical (unpaired) electrons. The van der Waals surface area contributed by atoms with Crippen LogP contribution in [0.3, 0.4) is 0 Å². The summed E-state index contributed by atoms with van der Waals surface area (Å²) in [5.41, 5.74) is 0. The van der Waals surface area contributed by atoms with Crippen molar-refractivity contribution in [3.05, 3.63) is 0 Å². The van der Waals surface area contributed by atoms with Gasteiger partial charge in [0.1, 0.15) is 0 Å². The molecule has 0 spiro atoms. The van der Waals surface area contributed by atoms with Gasteiger partial charge in [0.15, 0.2) is 0 Å². The second-order valence-electron chi connectivity index (χ2n) is 5.47. The van der Waals surface area contributed by atoms with Crippen LogP contribution in [0.2, 0.25) is 0 Å². The molecule has 2 N–H and O–H groups in total. The predicted octanol–water partition coefficient (Wildman–Crippen LogP) is 0.905. The van der Waals surface area contributed by atoms with E-state index in [1.54, 1.807) is 0 Å². The van der Waals surface area contributed by atoms with Crippen LogP contribution in [-0.4, -0.2) is 38.7 Å². The van der Waals surface area contributed by atoms with Gasteiger partial charge in [-0.3, -0.25) is 13.8 Å². The third kappa shape index (κ3) is 3.78. The first-order chi connectivity index (χ1) is 9.08. The lowest BCUT2D eigenvalue weighted by Gasteiger charge is -2.30. The molecule has 1 aliphatic carbocycles. The summed E-state index contributed by atoms with van der Waals surface area (Å²) in [5.74, 6) is -0.629. The Kier molecular flexibility index (Phi) is 4.96. The number of carbonyl (C=O) groups excluding carboxylic acids is 1. The number of hydrogen-bond donors (Lipinski definition) is 2. The van der Waals surface area contributed by atoms with E-state index in [-0.39, 0.29) is 11.9 Å². The average Bonchev–Trinajstić information content (AvgIpc) is 2.41. The fourth-order valence-corrected chi connectivity index (χ4v) is 4.29. The minimum absolute atomic E-state index is 0.0709. The molecule has 0 bridgehead atoms. The van der Waals surface area contributed by atoms with Crippen molar-refractivity contribution in [1.29, 1.82) is 0 Å². The topological polar surface area (TPSA) is 83.5 Å². The Morgan fingerprint density at radius 2 is 1.58 bits per heavy atom. The Hall–Kier alpha value is -0.910. The van der Waals surface area contributed by atoms with Gasteiger partial charge in [-0.25, -0.2) is 0 Å². The molecule has 108 valence electrons. The van der Waals surface area contributed by atoms with Crippen LogP contribution < -0.4 is 5.32 Å². The molecule has 2 rings (SSSR count). The molecule has 1 amide bonds. The Morgan fingerprint density at radius 3 is 2.16 bits per heavy atom. The molecule has 0 aromatic carbocycles. The van der Waals surface area contributed by atoms with Gasteiger partial charge in [0, 0.05) is 28.3 Å². The van der Waals surface area contributed by atoms with Crippen molar-refractivity contribution in [2.45, 2.75) is 44.6 Å². The Morgan fingerprint density at radius 1 is 1.00 bits per heavy atom. The largest absolute Gasteiger partial charge is 0.481 e. The number of amides is 1. The molecule has 1 aliphatic heterocycles. The van der Waals surface area contributed by atoms with Gasteiger partial charge in [-0.15, -0.1) is 0 Å². The molecule has 1 heterocycles. The lowest BCUT2D eigenvalue weighted by Crippen LogP contribution is -2.46. The van der Waals surface area contributed by atoms with Gasteiger partial charge < -0.3 is 10.4 Å². The van der Waals surface area contributed by atoms with E-state index in [2.05, 4.69) is 5.32 Å². The van der Waals surface area contributed by atoms with Gasteiger partial charge in [-0.2, -0.15) is 0 Å². The zero-order chi connectivity index (χ0) is 13.8. The second-order valence-corrected chi connectivity index (χ2v) is 7.16. The van der Waals surface area contributed by atoms with E-state index < -0.39 is 28.6 Å². The van der Waals surface area contributed by atoms with E-state index in [0.717, 1.165) is 25.7 Å². The van der Waals surface area contributed by atoms with Crippen LogP contribution in [0.25, 0.3) is 0 Å². The standard InChI is InChI=1S/C13H21NO4S/c15-12(14-9-5-7-19(18)8-6-9)10-3-1-2-4-11(10)13(16)17/h9-11H,1-8H2,(H,14,15)(H,16,17). The van der Waals surface area contributed by atoms with Crippen molar-refractivity contribution in [3.8, 4) is 0 Å². The minimum Gasteiger partial charge on any atom is -0.481 e. The number of carboxylic acid groups (broad SMARTS) is 1. The molecule has 6 heteroatoms. The monoisotopic (exact) mass is 287 g/mol. The molecule has 0 aromatic rings. The Balaban J connectivity index is 1.90. The maximum Gasteiger partial charge on any atom is 0.307 e. The molecule has 19 heavy (non-hydrogen) atoms. The summed E-state index contributed by atoms with van der Waals surface area (Å²) < 4.78 is 11.3. The van der Waals surface area contributed by atoms with Crippen LogP contribution in [0.4, 0.5) is 0 Å². The van der Waals surface area contributed by atoms with Crippen LogP contribution in [0.15, 0.2) is 0 Å². The van der Waals surface area contributed by atoms with E-state index in [1.165, 1.54) is 0 Å². The normalized spacial score (nSPS) is 35.6. The lowest BCUT2D eigenvalue weighted by atomic mass is 9.78. The summed E-state index contributed by atoms with van der Waals surface area (Å²) in [4.78, 5) is 23.4. The zero-order valence-electron chi connectivity index (χ0n) is 11.0. The molecule has 1 saturated carbocycles. The molecule has 2 aliphatic rings. The van der Waals surface area contributed by atoms with Crippen LogP contribution in [-0.2, 0) is 20.4 Å². The smallest absolute Gasteiger partial charge is 0.307 e. The maximum atomic E-state index is 12.2. The van der Waals surface area contributed by atoms with E-state index in [9.17, 15) is 18.9 Å². The maximum absolute atomic E-state index is 12.2. The third-order valence-electron chi connectivity index (χ3n) is 4.15. The lowest BCUT2D eigenvalue weighted by molar-refractivity contribution is -0.149. The fraction of sp³-hybridized carbons (Fsp3) is 0.846. The highest BCUT2D eigenvalue weighted by atomic mass is 32.2. The summed E-state index contributed by atoms with van der Waals surface area (Å²) in [6.07, 6.45) is 4.56. The number of carbonyl (C=O) groups is 2. The molecular formula is C13H21NO4S. The van der Waals surface area contributed by atoms with Gasteiger partial charge in [0.2, 0.25) is 5.91 Å². The van der Waals surface area contributed by atoms with Crippen LogP contribution >= 0.6 is 0 Å². The minimum atomic E-state index is -0.857. The molecule has 0 aromatic heterocycles. The number of carboxylic acids is 1. The summed E-state index contributed by atoms with van der Waals surface area (Å²) in [5, 5.41) is 12.1. The van der Waals surface area contributed by atoms with Gasteiger partial charge in [0.05, 0.1) is 11.8 Å². The number of nitrogens with one attached hydrogen (secondary N) is 1. The highest BCUT2D eigenvalue weighted by Crippen LogP contribution is 2.30. The van der Waals surface area contributed by atoms with Crippen molar-refractivity contribution < 1.29 is 18.9 Å². The summed E-state index contributed by atoms with van der Waals surface area (Å²) in [6, 6.07) is 0.0709. The van der Waals surface area contributed by atoms with Crippen molar-refractivity contribution in [3.63, 3.8) is 0 Å². The SMILES string of the molecule is O=C(O)C1CCCCC1C(=O)NC1CCS(=O)CC1. The van der Waals surface area contributed by atoms with Crippen molar-refractivity contribution in [1.82, 2.24) is 5.32 Å². The quantitative estimate of drug-likeness (QED) is 0.808. The molecule has 2 atom stereocenters. The summed E-state index contributed by atoms with van der Waals surface area (Å²) >= 11 is 0. The summed E-state index contributed by atoms with van der Waals surface area (Å²) in [6.45, 7) is 0. The third-order valence-corrected chi connectivity index (χ3v) is 5.54. The predicted molar refractivity (Wildman–Crippen MR) is 72.1 cm³/mol. The highest BCUT2D eigenvalue weighted by molar-refractivity contribution is 7.85. The van der Waals surface area contributed by atoms with E-state index in [0.29, 0.717) is 24.3 Å². The van der Waals surface area contributed by atoms with Crippen molar-refractivity contribution in [2.24, 2.45) is 11.8 Å². The van der Waals surface area contributed by atoms with Gasteiger partial charge in [-0.1, -0.05) is 12.8 Å². The van der Waals surface area contributed by atoms with Gasteiger partial charge in [-0.05, 0) is 25.7 Å². The van der Waals surface area contributed by atoms with E-state index in [1.807, 2.05) is 0 Å². The fourth-order valence-electron chi connectivity index (χ4n) is 2.99. The first kappa shape index (κ1) is 14.5. The highest BCUT2D eigenvalue weighted by Gasteiger charge is 2.36. The van der Waals surface area contributed by atoms with Crippen LogP contribution in [0, 0.1) is 11.8 Å². The Bertz CT molecular complexity index is 375. The van der Waals surface area contributed by atoms with Crippen molar-refractivity contribution >= 4 is 22.7 Å². The Labute approximate surface area is 115 Å². The second kappa shape index (κ2) is 6.50. The average molecular weight is 287 g/mol. The van der Waals surface area contributed by atoms with Gasteiger partial charge in [0.25, 0.3) is 0 Å². The molecule has 5 nitrogen and oxygen atoms in total. The number of aliphatic carboxylic acids is 1. The number of hydrogen-bond acceptors (Lipinski definition) is 3. The first-order valence-corrected chi connectivity index (χ1v) is 8.45. The summed E-state index contributed by atoms with van der Waals surface area (Å²) in [7, 11) is -0.740. The van der Waals surface area contributed by atoms with Crippen LogP contribution in [0.5, 0.6) is 0 Å². The molecule has 2 fully saturated rings. The van der Waals surface area contributed by atoms with Crippen molar-refractivity contribution in [2.75, 3.05) is 11.5 Å². The molecule has 1 saturated heterocycles. The molecule has 2 unspecified atom stereocenters. The number of rotatable bonds is 3. The first-order valence-electron chi connectivity index (χ1n) is 6.96. The zero-order valence-corrected chi connectivity index (χ0v) is 11.8. The van der Waals surface area contributed by atoms with Crippen LogP contribution in [0.1, 0.15) is 38.5 Å². The van der Waals surface area contributed by atoms with E-state index in [4.69, 9.17) is 0 Å².